The number of amides is 4. The normalized spacial score (nSPS) is 11.7. The lowest BCUT2D eigenvalue weighted by atomic mass is 10.1. The maximum atomic E-state index is 13.2. The number of benzene rings is 4. The molecule has 4 amide bonds. The SMILES string of the molecule is CC(Sc1ccc(NC(=O)/C(=C/c2ccc(Br)cc2)NC(=O)c2ccccc2)cc1)C(=O)Nc1ccc(C(N)=O)cc1. The van der Waals surface area contributed by atoms with Crippen LogP contribution < -0.4 is 21.7 Å². The molecule has 4 aromatic carbocycles. The van der Waals surface area contributed by atoms with E-state index in [2.05, 4.69) is 31.9 Å². The van der Waals surface area contributed by atoms with E-state index in [1.807, 2.05) is 30.3 Å². The van der Waals surface area contributed by atoms with Gasteiger partial charge >= 0.3 is 0 Å². The number of halogens is 1. The average Bonchev–Trinajstić information content (AvgIpc) is 2.99. The quantitative estimate of drug-likeness (QED) is 0.123. The van der Waals surface area contributed by atoms with Gasteiger partial charge in [0.1, 0.15) is 5.70 Å². The first kappa shape index (κ1) is 30.3. The third-order valence-corrected chi connectivity index (χ3v) is 7.58. The molecule has 4 aromatic rings. The molecule has 0 radical (unpaired) electrons. The fourth-order valence-corrected chi connectivity index (χ4v) is 4.83. The molecule has 0 heterocycles. The van der Waals surface area contributed by atoms with E-state index >= 15 is 0 Å². The van der Waals surface area contributed by atoms with Gasteiger partial charge in [-0.3, -0.25) is 19.2 Å². The molecular formula is C32H27BrN4O4S. The minimum Gasteiger partial charge on any atom is -0.366 e. The minimum atomic E-state index is -0.537. The number of carbonyl (C=O) groups is 4. The summed E-state index contributed by atoms with van der Waals surface area (Å²) < 4.78 is 0.891. The molecule has 0 aromatic heterocycles. The minimum absolute atomic E-state index is 0.0822. The zero-order valence-electron chi connectivity index (χ0n) is 22.5. The van der Waals surface area contributed by atoms with E-state index < -0.39 is 23.0 Å². The summed E-state index contributed by atoms with van der Waals surface area (Å²) in [7, 11) is 0. The number of thioether (sulfide) groups is 1. The summed E-state index contributed by atoms with van der Waals surface area (Å²) in [6.07, 6.45) is 1.61. The van der Waals surface area contributed by atoms with Crippen LogP contribution in [0.4, 0.5) is 11.4 Å². The molecule has 10 heteroatoms. The molecule has 0 aliphatic carbocycles. The zero-order valence-corrected chi connectivity index (χ0v) is 24.9. The summed E-state index contributed by atoms with van der Waals surface area (Å²) in [6.45, 7) is 1.78. The van der Waals surface area contributed by atoms with Gasteiger partial charge < -0.3 is 21.7 Å². The Kier molecular flexibility index (Phi) is 10.3. The molecule has 4 rings (SSSR count). The van der Waals surface area contributed by atoms with Crippen LogP contribution in [0, 0.1) is 0 Å². The van der Waals surface area contributed by atoms with Crippen molar-refractivity contribution in [1.29, 1.82) is 0 Å². The molecule has 5 N–H and O–H groups in total. The topological polar surface area (TPSA) is 130 Å². The Hall–Kier alpha value is -4.67. The Morgan fingerprint density at radius 2 is 1.36 bits per heavy atom. The van der Waals surface area contributed by atoms with E-state index in [0.29, 0.717) is 22.5 Å². The average molecular weight is 644 g/mol. The van der Waals surface area contributed by atoms with Crippen LogP contribution in [0.5, 0.6) is 0 Å². The van der Waals surface area contributed by atoms with Crippen molar-refractivity contribution in [1.82, 2.24) is 5.32 Å². The molecule has 0 spiro atoms. The van der Waals surface area contributed by atoms with E-state index in [1.165, 1.54) is 11.8 Å². The van der Waals surface area contributed by atoms with Crippen molar-refractivity contribution in [3.63, 3.8) is 0 Å². The van der Waals surface area contributed by atoms with Gasteiger partial charge in [0.05, 0.1) is 5.25 Å². The zero-order chi connectivity index (χ0) is 30.1. The van der Waals surface area contributed by atoms with Gasteiger partial charge in [0.2, 0.25) is 11.8 Å². The highest BCUT2D eigenvalue weighted by atomic mass is 79.9. The molecule has 1 unspecified atom stereocenters. The third-order valence-electron chi connectivity index (χ3n) is 5.94. The fraction of sp³-hybridized carbons (Fsp3) is 0.0625. The van der Waals surface area contributed by atoms with Crippen LogP contribution in [0.15, 0.2) is 118 Å². The maximum absolute atomic E-state index is 13.2. The Bertz CT molecular complexity index is 1610. The summed E-state index contributed by atoms with van der Waals surface area (Å²) in [5.41, 5.74) is 7.93. The molecular weight excluding hydrogens is 616 g/mol. The first-order chi connectivity index (χ1) is 20.2. The Morgan fingerprint density at radius 3 is 1.98 bits per heavy atom. The van der Waals surface area contributed by atoms with Gasteiger partial charge in [-0.2, -0.15) is 0 Å². The lowest BCUT2D eigenvalue weighted by molar-refractivity contribution is -0.115. The van der Waals surface area contributed by atoms with Crippen LogP contribution in [-0.4, -0.2) is 28.9 Å². The summed E-state index contributed by atoms with van der Waals surface area (Å²) >= 11 is 4.75. The van der Waals surface area contributed by atoms with Crippen molar-refractivity contribution < 1.29 is 19.2 Å². The van der Waals surface area contributed by atoms with Gasteiger partial charge in [-0.05, 0) is 91.4 Å². The predicted molar refractivity (Wildman–Crippen MR) is 170 cm³/mol. The molecule has 0 aliphatic rings. The number of rotatable bonds is 10. The summed E-state index contributed by atoms with van der Waals surface area (Å²) in [6, 6.07) is 29.4. The lowest BCUT2D eigenvalue weighted by Gasteiger charge is -2.14. The number of nitrogens with two attached hydrogens (primary N) is 1. The molecule has 42 heavy (non-hydrogen) atoms. The largest absolute Gasteiger partial charge is 0.366 e. The second kappa shape index (κ2) is 14.3. The number of hydrogen-bond acceptors (Lipinski definition) is 5. The molecule has 0 aliphatic heterocycles. The van der Waals surface area contributed by atoms with Crippen molar-refractivity contribution in [2.75, 3.05) is 10.6 Å². The second-order valence-corrected chi connectivity index (χ2v) is 11.4. The van der Waals surface area contributed by atoms with Crippen molar-refractivity contribution in [3.05, 3.63) is 130 Å². The van der Waals surface area contributed by atoms with Crippen LogP contribution >= 0.6 is 27.7 Å². The predicted octanol–water partition coefficient (Wildman–Crippen LogP) is 6.08. The van der Waals surface area contributed by atoms with Crippen molar-refractivity contribution >= 4 is 68.8 Å². The van der Waals surface area contributed by atoms with E-state index in [4.69, 9.17) is 5.73 Å². The van der Waals surface area contributed by atoms with Gasteiger partial charge in [-0.15, -0.1) is 11.8 Å². The van der Waals surface area contributed by atoms with E-state index in [9.17, 15) is 19.2 Å². The molecule has 0 saturated carbocycles. The summed E-state index contributed by atoms with van der Waals surface area (Å²) in [5.74, 6) is -1.64. The first-order valence-corrected chi connectivity index (χ1v) is 14.5. The second-order valence-electron chi connectivity index (χ2n) is 9.10. The number of carbonyl (C=O) groups excluding carboxylic acids is 4. The van der Waals surface area contributed by atoms with E-state index in [0.717, 1.165) is 14.9 Å². The molecule has 8 nitrogen and oxygen atoms in total. The van der Waals surface area contributed by atoms with Gasteiger partial charge in [0, 0.05) is 31.9 Å². The highest BCUT2D eigenvalue weighted by Gasteiger charge is 2.17. The lowest BCUT2D eigenvalue weighted by Crippen LogP contribution is -2.30. The van der Waals surface area contributed by atoms with Gasteiger partial charge in [0.25, 0.3) is 11.8 Å². The van der Waals surface area contributed by atoms with Crippen molar-refractivity contribution in [2.45, 2.75) is 17.1 Å². The Balaban J connectivity index is 1.40. The smallest absolute Gasteiger partial charge is 0.272 e. The Morgan fingerprint density at radius 1 is 0.762 bits per heavy atom. The van der Waals surface area contributed by atoms with Crippen LogP contribution in [0.3, 0.4) is 0 Å². The van der Waals surface area contributed by atoms with E-state index in [-0.39, 0.29) is 11.6 Å². The molecule has 212 valence electrons. The first-order valence-electron chi connectivity index (χ1n) is 12.8. The number of primary amides is 1. The van der Waals surface area contributed by atoms with Gasteiger partial charge in [0.15, 0.2) is 0 Å². The molecule has 1 atom stereocenters. The number of nitrogens with one attached hydrogen (secondary N) is 3. The highest BCUT2D eigenvalue weighted by Crippen LogP contribution is 2.26. The van der Waals surface area contributed by atoms with Crippen molar-refractivity contribution in [3.8, 4) is 0 Å². The maximum Gasteiger partial charge on any atom is 0.272 e. The van der Waals surface area contributed by atoms with Crippen LogP contribution in [0.2, 0.25) is 0 Å². The fourth-order valence-electron chi connectivity index (χ4n) is 3.70. The van der Waals surface area contributed by atoms with Crippen LogP contribution in [0.25, 0.3) is 6.08 Å². The number of hydrogen-bond donors (Lipinski definition) is 4. The summed E-state index contributed by atoms with van der Waals surface area (Å²) in [5, 5.41) is 7.94. The van der Waals surface area contributed by atoms with Crippen molar-refractivity contribution in [2.24, 2.45) is 5.73 Å². The van der Waals surface area contributed by atoms with Crippen LogP contribution in [0.1, 0.15) is 33.2 Å². The van der Waals surface area contributed by atoms with Gasteiger partial charge in [-0.1, -0.05) is 46.3 Å². The molecule has 0 bridgehead atoms. The van der Waals surface area contributed by atoms with Crippen LogP contribution in [-0.2, 0) is 9.59 Å². The summed E-state index contributed by atoms with van der Waals surface area (Å²) in [4.78, 5) is 50.8. The standard InChI is InChI=1S/C32H27BrN4O4S/c1-20(30(39)35-25-13-9-22(10-14-25)29(34)38)42-27-17-15-26(16-18-27)36-32(41)28(19-21-7-11-24(33)12-8-21)37-31(40)23-5-3-2-4-6-23/h2-20H,1H3,(H2,34,38)(H,35,39)(H,36,41)(H,37,40)/b28-19-. The third kappa shape index (κ3) is 8.66. The Labute approximate surface area is 255 Å². The molecule has 0 fully saturated rings. The van der Waals surface area contributed by atoms with E-state index in [1.54, 1.807) is 85.8 Å². The van der Waals surface area contributed by atoms with Gasteiger partial charge in [-0.25, -0.2) is 0 Å². The monoisotopic (exact) mass is 642 g/mol. The highest BCUT2D eigenvalue weighted by molar-refractivity contribution is 9.10. The molecule has 0 saturated heterocycles. The number of anilines is 2.